The van der Waals surface area contributed by atoms with Crippen LogP contribution in [0.4, 0.5) is 5.82 Å². The zero-order chi connectivity index (χ0) is 35.4. The second kappa shape index (κ2) is 13.2. The lowest BCUT2D eigenvalue weighted by atomic mass is 9.86. The molecule has 1 aromatic heterocycles. The van der Waals surface area contributed by atoms with E-state index in [0.29, 0.717) is 72.6 Å². The Morgan fingerprint density at radius 2 is 1.75 bits per heavy atom. The molecular formula is C37H37ClN8O5. The summed E-state index contributed by atoms with van der Waals surface area (Å²) < 4.78 is 6.12. The van der Waals surface area contributed by atoms with Crippen molar-refractivity contribution in [1.82, 2.24) is 24.9 Å². The normalized spacial score (nSPS) is 26.1. The summed E-state index contributed by atoms with van der Waals surface area (Å²) >= 11 is 6.17. The number of nitrogens with zero attached hydrogens (tertiary/aromatic N) is 7. The summed E-state index contributed by atoms with van der Waals surface area (Å²) in [5.74, 6) is 0.0833. The Kier molecular flexibility index (Phi) is 8.60. The number of nitrogens with two attached hydrogens (primary N) is 1. The van der Waals surface area contributed by atoms with Crippen molar-refractivity contribution in [2.45, 2.75) is 88.3 Å². The number of likely N-dealkylation sites (tertiary alicyclic amines) is 1. The smallest absolute Gasteiger partial charge is 0.269 e. The monoisotopic (exact) mass is 708 g/mol. The molecular weight excluding hydrogens is 672 g/mol. The van der Waals surface area contributed by atoms with Crippen LogP contribution in [0, 0.1) is 11.3 Å². The number of nitriles is 1. The van der Waals surface area contributed by atoms with Gasteiger partial charge in [-0.15, -0.1) is 10.2 Å². The maximum absolute atomic E-state index is 13.9. The van der Waals surface area contributed by atoms with Crippen LogP contribution in [0.15, 0.2) is 48.5 Å². The Hall–Kier alpha value is -5.06. The van der Waals surface area contributed by atoms with Gasteiger partial charge in [-0.3, -0.25) is 29.0 Å². The molecule has 13 nitrogen and oxygen atoms in total. The third kappa shape index (κ3) is 6.16. The SMILES string of the molecule is N#Cc1ccc(OC2CCC(N3C(=O)CC[C@@H](N4Cc5cc(CN6[C@@H]7C[C@@H]6CN(c6ccc(C(N)=O)nn6)C7)ccc5C4=O)C3=O)CC2)cc1Cl. The fourth-order valence-corrected chi connectivity index (χ4v) is 8.66. The number of primary amides is 1. The van der Waals surface area contributed by atoms with Gasteiger partial charge < -0.3 is 20.3 Å². The molecule has 1 saturated carbocycles. The highest BCUT2D eigenvalue weighted by Crippen LogP contribution is 2.37. The van der Waals surface area contributed by atoms with E-state index in [-0.39, 0.29) is 42.0 Å². The van der Waals surface area contributed by atoms with Crippen molar-refractivity contribution in [2.24, 2.45) is 5.73 Å². The van der Waals surface area contributed by atoms with Crippen LogP contribution in [0.2, 0.25) is 5.02 Å². The first-order chi connectivity index (χ1) is 24.7. The number of benzene rings is 2. The van der Waals surface area contributed by atoms with Gasteiger partial charge >= 0.3 is 0 Å². The number of carbonyl (C=O) groups is 4. The third-order valence-corrected chi connectivity index (χ3v) is 11.4. The highest BCUT2D eigenvalue weighted by molar-refractivity contribution is 6.31. The number of anilines is 1. The van der Waals surface area contributed by atoms with Gasteiger partial charge in [-0.2, -0.15) is 5.26 Å². The first-order valence-electron chi connectivity index (χ1n) is 17.5. The Labute approximate surface area is 299 Å². The maximum atomic E-state index is 13.9. The Balaban J connectivity index is 0.875. The average Bonchev–Trinajstić information content (AvgIpc) is 3.46. The zero-order valence-electron chi connectivity index (χ0n) is 27.9. The van der Waals surface area contributed by atoms with Crippen molar-refractivity contribution in [1.29, 1.82) is 5.26 Å². The lowest BCUT2D eigenvalue weighted by molar-refractivity contribution is -0.156. The molecule has 4 saturated heterocycles. The number of hydrogen-bond acceptors (Lipinski definition) is 10. The van der Waals surface area contributed by atoms with E-state index >= 15 is 0 Å². The molecule has 0 spiro atoms. The van der Waals surface area contributed by atoms with Crippen molar-refractivity contribution in [3.05, 3.63) is 81.5 Å². The minimum atomic E-state index is -0.679. The minimum Gasteiger partial charge on any atom is -0.490 e. The van der Waals surface area contributed by atoms with Crippen molar-refractivity contribution in [3.63, 3.8) is 0 Å². The van der Waals surface area contributed by atoms with Gasteiger partial charge in [0, 0.05) is 62.4 Å². The first kappa shape index (κ1) is 33.1. The number of hydrogen-bond donors (Lipinski definition) is 1. The molecule has 4 amide bonds. The Morgan fingerprint density at radius 1 is 0.961 bits per heavy atom. The van der Waals surface area contributed by atoms with E-state index < -0.39 is 11.9 Å². The highest BCUT2D eigenvalue weighted by Gasteiger charge is 2.47. The Bertz CT molecular complexity index is 1950. The molecule has 6 heterocycles. The molecule has 51 heavy (non-hydrogen) atoms. The van der Waals surface area contributed by atoms with Crippen LogP contribution in [0.5, 0.6) is 5.75 Å². The number of aromatic nitrogens is 2. The molecule has 6 aliphatic rings. The summed E-state index contributed by atoms with van der Waals surface area (Å²) in [4.78, 5) is 59.8. The average molecular weight is 709 g/mol. The number of rotatable bonds is 8. The molecule has 3 aromatic rings. The largest absolute Gasteiger partial charge is 0.490 e. The van der Waals surface area contributed by atoms with Crippen molar-refractivity contribution >= 4 is 41.0 Å². The van der Waals surface area contributed by atoms with Gasteiger partial charge in [0.1, 0.15) is 17.9 Å². The lowest BCUT2D eigenvalue weighted by Crippen LogP contribution is -2.68. The van der Waals surface area contributed by atoms with Crippen LogP contribution in [-0.4, -0.2) is 91.9 Å². The summed E-state index contributed by atoms with van der Waals surface area (Å²) in [5.41, 5.74) is 8.47. The molecule has 0 radical (unpaired) electrons. The standard InChI is InChI=1S/C37H37ClN8O5/c38-30-15-28(5-2-22(30)16-39)51-27-6-3-24(4-7-27)46-34(47)12-10-32(37(46)50)45-18-23-13-21(1-8-29(23)36(45)49)17-44-25-14-26(44)20-43(19-25)33-11-9-31(35(40)48)41-42-33/h1-2,5,8-9,11,13,15,24-27,32H,3-4,6-7,10,12,14,17-20H2,(H2,40,48)/t24?,25-,26-,27?,32-/m1/s1. The second-order valence-electron chi connectivity index (χ2n) is 14.1. The van der Waals surface area contributed by atoms with E-state index in [1.54, 1.807) is 35.2 Å². The third-order valence-electron chi connectivity index (χ3n) is 11.1. The van der Waals surface area contributed by atoms with Crippen LogP contribution >= 0.6 is 11.6 Å². The van der Waals surface area contributed by atoms with Crippen LogP contribution < -0.4 is 15.4 Å². The molecule has 0 unspecified atom stereocenters. The molecule has 3 atom stereocenters. The summed E-state index contributed by atoms with van der Waals surface area (Å²) in [6.45, 7) is 2.71. The van der Waals surface area contributed by atoms with E-state index in [0.717, 1.165) is 43.0 Å². The first-order valence-corrected chi connectivity index (χ1v) is 17.8. The van der Waals surface area contributed by atoms with Crippen LogP contribution in [-0.2, 0) is 22.7 Å². The quantitative estimate of drug-likeness (QED) is 0.343. The minimum absolute atomic E-state index is 0.0918. The number of imide groups is 1. The van der Waals surface area contributed by atoms with E-state index in [9.17, 15) is 19.2 Å². The summed E-state index contributed by atoms with van der Waals surface area (Å²) in [6, 6.07) is 16.2. The van der Waals surface area contributed by atoms with Crippen molar-refractivity contribution in [3.8, 4) is 11.8 Å². The van der Waals surface area contributed by atoms with Gasteiger partial charge in [-0.1, -0.05) is 23.7 Å². The maximum Gasteiger partial charge on any atom is 0.269 e. The van der Waals surface area contributed by atoms with E-state index in [4.69, 9.17) is 27.3 Å². The van der Waals surface area contributed by atoms with Gasteiger partial charge in [0.05, 0.1) is 16.7 Å². The fourth-order valence-electron chi connectivity index (χ4n) is 8.45. The van der Waals surface area contributed by atoms with Crippen LogP contribution in [0.25, 0.3) is 0 Å². The van der Waals surface area contributed by atoms with Gasteiger partial charge in [0.15, 0.2) is 11.5 Å². The second-order valence-corrected chi connectivity index (χ2v) is 14.6. The number of halogens is 1. The molecule has 5 fully saturated rings. The summed E-state index contributed by atoms with van der Waals surface area (Å²) in [7, 11) is 0. The van der Waals surface area contributed by atoms with Crippen molar-refractivity contribution in [2.75, 3.05) is 18.0 Å². The lowest BCUT2D eigenvalue weighted by Gasteiger charge is -2.56. The zero-order valence-corrected chi connectivity index (χ0v) is 28.7. The summed E-state index contributed by atoms with van der Waals surface area (Å²) in [5, 5.41) is 17.6. The van der Waals surface area contributed by atoms with E-state index in [1.165, 1.54) is 4.90 Å². The molecule has 2 aromatic carbocycles. The van der Waals surface area contributed by atoms with Gasteiger partial charge in [-0.25, -0.2) is 0 Å². The Morgan fingerprint density at radius 3 is 2.43 bits per heavy atom. The predicted octanol–water partition coefficient (Wildman–Crippen LogP) is 3.43. The summed E-state index contributed by atoms with van der Waals surface area (Å²) in [6.07, 6.45) is 4.10. The van der Waals surface area contributed by atoms with Gasteiger partial charge in [0.25, 0.3) is 17.7 Å². The molecule has 2 bridgehead atoms. The highest BCUT2D eigenvalue weighted by atomic mass is 35.5. The molecule has 2 N–H and O–H groups in total. The van der Waals surface area contributed by atoms with Gasteiger partial charge in [-0.05, 0) is 80.0 Å². The van der Waals surface area contributed by atoms with E-state index in [2.05, 4.69) is 26.1 Å². The number of fused-ring (bicyclic) bond motifs is 3. The molecule has 9 rings (SSSR count). The number of carbonyl (C=O) groups excluding carboxylic acids is 4. The molecule has 1 aliphatic carbocycles. The van der Waals surface area contributed by atoms with Crippen LogP contribution in [0.3, 0.4) is 0 Å². The number of amides is 4. The number of piperazine rings is 1. The number of piperidine rings is 2. The molecule has 5 aliphatic heterocycles. The number of ether oxygens (including phenoxy) is 1. The fraction of sp³-hybridized carbons (Fsp3) is 0.432. The van der Waals surface area contributed by atoms with E-state index in [1.807, 2.05) is 18.2 Å². The molecule has 14 heteroatoms. The predicted molar refractivity (Wildman–Crippen MR) is 185 cm³/mol. The van der Waals surface area contributed by atoms with Crippen LogP contribution in [0.1, 0.15) is 82.5 Å². The topological polar surface area (TPSA) is 166 Å². The van der Waals surface area contributed by atoms with Crippen molar-refractivity contribution < 1.29 is 23.9 Å². The molecule has 262 valence electrons. The van der Waals surface area contributed by atoms with Gasteiger partial charge in [0.2, 0.25) is 5.91 Å².